The smallest absolute Gasteiger partial charge is 0.328 e. The van der Waals surface area contributed by atoms with Gasteiger partial charge in [-0.3, -0.25) is 9.59 Å². The van der Waals surface area contributed by atoms with Crippen LogP contribution < -0.4 is 0 Å². The van der Waals surface area contributed by atoms with Gasteiger partial charge >= 0.3 is 11.9 Å². The Morgan fingerprint density at radius 1 is 1.30 bits per heavy atom. The van der Waals surface area contributed by atoms with E-state index >= 15 is 0 Å². The van der Waals surface area contributed by atoms with Gasteiger partial charge in [-0.1, -0.05) is 38.1 Å². The summed E-state index contributed by atoms with van der Waals surface area (Å²) in [6, 6.07) is 7.08. The Hall–Kier alpha value is -1.84. The lowest BCUT2D eigenvalue weighted by Crippen LogP contribution is -2.46. The van der Waals surface area contributed by atoms with Gasteiger partial charge in [0.05, 0.1) is 6.61 Å². The predicted octanol–water partition coefficient (Wildman–Crippen LogP) is 2.93. The molecule has 0 aliphatic rings. The highest BCUT2D eigenvalue weighted by Gasteiger charge is 2.50. The molecular weight excluding hydrogens is 256 g/mol. The highest BCUT2D eigenvalue weighted by Crippen LogP contribution is 2.35. The fourth-order valence-electron chi connectivity index (χ4n) is 2.51. The molecule has 1 rings (SSSR count). The fraction of sp³-hybridized carbons (Fsp3) is 0.500. The molecule has 20 heavy (non-hydrogen) atoms. The van der Waals surface area contributed by atoms with Gasteiger partial charge in [0.2, 0.25) is 0 Å². The van der Waals surface area contributed by atoms with Gasteiger partial charge in [-0.05, 0) is 37.3 Å². The SMILES string of the molecule is CCOC(=O)C(CC(C)C)(C(=O)O)c1ccccc1C. The Labute approximate surface area is 119 Å². The van der Waals surface area contributed by atoms with Gasteiger partial charge in [0.1, 0.15) is 0 Å². The normalized spacial score (nSPS) is 13.8. The lowest BCUT2D eigenvalue weighted by atomic mass is 9.72. The van der Waals surface area contributed by atoms with E-state index in [1.54, 1.807) is 19.1 Å². The Kier molecular flexibility index (Phi) is 5.31. The number of carboxylic acids is 1. The van der Waals surface area contributed by atoms with E-state index in [1.165, 1.54) is 0 Å². The molecule has 0 radical (unpaired) electrons. The number of hydrogen-bond acceptors (Lipinski definition) is 3. The molecule has 0 aliphatic heterocycles. The van der Waals surface area contributed by atoms with Crippen molar-refractivity contribution in [3.05, 3.63) is 35.4 Å². The summed E-state index contributed by atoms with van der Waals surface area (Å²) in [5.74, 6) is -1.79. The first-order valence-electron chi connectivity index (χ1n) is 6.83. The van der Waals surface area contributed by atoms with Gasteiger partial charge in [0.15, 0.2) is 5.41 Å². The van der Waals surface area contributed by atoms with E-state index in [1.807, 2.05) is 32.9 Å². The zero-order valence-corrected chi connectivity index (χ0v) is 12.5. The van der Waals surface area contributed by atoms with Gasteiger partial charge in [0, 0.05) is 0 Å². The van der Waals surface area contributed by atoms with Crippen LogP contribution in [0, 0.1) is 12.8 Å². The second kappa shape index (κ2) is 6.55. The largest absolute Gasteiger partial charge is 0.480 e. The highest BCUT2D eigenvalue weighted by atomic mass is 16.5. The first-order chi connectivity index (χ1) is 9.36. The van der Waals surface area contributed by atoms with Crippen LogP contribution in [0.15, 0.2) is 24.3 Å². The Bertz CT molecular complexity index is 493. The lowest BCUT2D eigenvalue weighted by molar-refractivity contribution is -0.162. The molecule has 0 amide bonds. The summed E-state index contributed by atoms with van der Waals surface area (Å²) in [6.45, 7) is 7.45. The maximum absolute atomic E-state index is 12.4. The van der Waals surface area contributed by atoms with Gasteiger partial charge in [-0.2, -0.15) is 0 Å². The van der Waals surface area contributed by atoms with Gasteiger partial charge < -0.3 is 9.84 Å². The minimum atomic E-state index is -1.63. The number of aliphatic carboxylic acids is 1. The fourth-order valence-corrected chi connectivity index (χ4v) is 2.51. The average molecular weight is 278 g/mol. The summed E-state index contributed by atoms with van der Waals surface area (Å²) in [4.78, 5) is 24.3. The zero-order chi connectivity index (χ0) is 15.3. The van der Waals surface area contributed by atoms with Gasteiger partial charge in [-0.15, -0.1) is 0 Å². The highest BCUT2D eigenvalue weighted by molar-refractivity contribution is 6.05. The Morgan fingerprint density at radius 2 is 1.90 bits per heavy atom. The van der Waals surface area contributed by atoms with Crippen molar-refractivity contribution in [2.45, 2.75) is 39.5 Å². The van der Waals surface area contributed by atoms with Crippen LogP contribution in [0.1, 0.15) is 38.3 Å². The zero-order valence-electron chi connectivity index (χ0n) is 12.5. The monoisotopic (exact) mass is 278 g/mol. The van der Waals surface area contributed by atoms with Crippen molar-refractivity contribution in [3.8, 4) is 0 Å². The van der Waals surface area contributed by atoms with E-state index in [0.717, 1.165) is 5.56 Å². The molecule has 1 unspecified atom stereocenters. The minimum absolute atomic E-state index is 0.0510. The summed E-state index contributed by atoms with van der Waals surface area (Å²) in [5, 5.41) is 9.75. The Balaban J connectivity index is 3.49. The van der Waals surface area contributed by atoms with Crippen LogP contribution >= 0.6 is 0 Å². The third-order valence-corrected chi connectivity index (χ3v) is 3.31. The molecular formula is C16H22O4. The number of hydrogen-bond donors (Lipinski definition) is 1. The van der Waals surface area contributed by atoms with Crippen molar-refractivity contribution in [1.29, 1.82) is 0 Å². The van der Waals surface area contributed by atoms with E-state index in [9.17, 15) is 14.7 Å². The second-order valence-corrected chi connectivity index (χ2v) is 5.34. The third-order valence-electron chi connectivity index (χ3n) is 3.31. The molecule has 0 aromatic heterocycles. The van der Waals surface area contributed by atoms with E-state index < -0.39 is 17.4 Å². The standard InChI is InChI=1S/C16H22O4/c1-5-20-15(19)16(14(17)18,10-11(2)3)13-9-7-6-8-12(13)4/h6-9,11H,5,10H2,1-4H3,(H,17,18). The summed E-state index contributed by atoms with van der Waals surface area (Å²) in [7, 11) is 0. The molecule has 0 heterocycles. The molecule has 0 aliphatic carbocycles. The van der Waals surface area contributed by atoms with Crippen molar-refractivity contribution in [3.63, 3.8) is 0 Å². The van der Waals surface area contributed by atoms with Crippen molar-refractivity contribution in [2.75, 3.05) is 6.61 Å². The third kappa shape index (κ3) is 3.00. The number of aryl methyl sites for hydroxylation is 1. The molecule has 1 N–H and O–H groups in total. The van der Waals surface area contributed by atoms with Crippen LogP contribution in [0.3, 0.4) is 0 Å². The van der Waals surface area contributed by atoms with Crippen LogP contribution in [-0.2, 0) is 19.7 Å². The van der Waals surface area contributed by atoms with Crippen LogP contribution in [0.5, 0.6) is 0 Å². The van der Waals surface area contributed by atoms with Crippen molar-refractivity contribution >= 4 is 11.9 Å². The topological polar surface area (TPSA) is 63.6 Å². The molecule has 0 bridgehead atoms. The molecule has 1 aromatic rings. The Morgan fingerprint density at radius 3 is 2.35 bits per heavy atom. The van der Waals surface area contributed by atoms with Crippen LogP contribution in [0.25, 0.3) is 0 Å². The molecule has 1 atom stereocenters. The number of rotatable bonds is 6. The number of benzene rings is 1. The maximum Gasteiger partial charge on any atom is 0.328 e. The second-order valence-electron chi connectivity index (χ2n) is 5.34. The predicted molar refractivity (Wildman–Crippen MR) is 76.6 cm³/mol. The van der Waals surface area contributed by atoms with E-state index in [4.69, 9.17) is 4.74 Å². The summed E-state index contributed by atoms with van der Waals surface area (Å²) in [6.07, 6.45) is 0.214. The molecule has 1 aromatic carbocycles. The first-order valence-corrected chi connectivity index (χ1v) is 6.83. The number of ether oxygens (including phenoxy) is 1. The van der Waals surface area contributed by atoms with Gasteiger partial charge in [-0.25, -0.2) is 0 Å². The molecule has 110 valence electrons. The van der Waals surface area contributed by atoms with Crippen LogP contribution in [0.2, 0.25) is 0 Å². The molecule has 0 saturated heterocycles. The van der Waals surface area contributed by atoms with Crippen LogP contribution in [0.4, 0.5) is 0 Å². The summed E-state index contributed by atoms with van der Waals surface area (Å²) in [5.41, 5.74) is -0.335. The van der Waals surface area contributed by atoms with Crippen LogP contribution in [-0.4, -0.2) is 23.7 Å². The van der Waals surface area contributed by atoms with Crippen molar-refractivity contribution < 1.29 is 19.4 Å². The van der Waals surface area contributed by atoms with E-state index in [-0.39, 0.29) is 18.9 Å². The average Bonchev–Trinajstić information content (AvgIpc) is 2.36. The van der Waals surface area contributed by atoms with Crippen molar-refractivity contribution in [1.82, 2.24) is 0 Å². The number of carboxylic acid groups (broad SMARTS) is 1. The quantitative estimate of drug-likeness (QED) is 0.642. The molecule has 0 fully saturated rings. The maximum atomic E-state index is 12.4. The first kappa shape index (κ1) is 16.2. The molecule has 0 spiro atoms. The lowest BCUT2D eigenvalue weighted by Gasteiger charge is -2.30. The molecule has 0 saturated carbocycles. The van der Waals surface area contributed by atoms with Crippen molar-refractivity contribution in [2.24, 2.45) is 5.92 Å². The number of carbonyl (C=O) groups excluding carboxylic acids is 1. The van der Waals surface area contributed by atoms with E-state index in [0.29, 0.717) is 5.56 Å². The molecule has 4 heteroatoms. The van der Waals surface area contributed by atoms with Gasteiger partial charge in [0.25, 0.3) is 0 Å². The number of esters is 1. The number of carbonyl (C=O) groups is 2. The molecule has 4 nitrogen and oxygen atoms in total. The summed E-state index contributed by atoms with van der Waals surface area (Å²) >= 11 is 0. The van der Waals surface area contributed by atoms with E-state index in [2.05, 4.69) is 0 Å². The summed E-state index contributed by atoms with van der Waals surface area (Å²) < 4.78 is 5.06. The minimum Gasteiger partial charge on any atom is -0.480 e.